The zero-order valence-electron chi connectivity index (χ0n) is 13.1. The Balaban J connectivity index is 1.98. The van der Waals surface area contributed by atoms with Crippen molar-refractivity contribution in [3.63, 3.8) is 0 Å². The third-order valence-electron chi connectivity index (χ3n) is 3.90. The monoisotopic (exact) mass is 292 g/mol. The molecule has 0 unspecified atom stereocenters. The number of carbonyl (C=O) groups is 1. The molecule has 0 bridgehead atoms. The van der Waals surface area contributed by atoms with Gasteiger partial charge in [0.25, 0.3) is 0 Å². The van der Waals surface area contributed by atoms with Gasteiger partial charge in [-0.05, 0) is 39.8 Å². The highest BCUT2D eigenvalue weighted by atomic mass is 16.6. The number of benzene rings is 1. The normalized spacial score (nSPS) is 21.8. The number of anilines is 1. The lowest BCUT2D eigenvalue weighted by Gasteiger charge is -2.50. The second-order valence-corrected chi connectivity index (χ2v) is 6.86. The van der Waals surface area contributed by atoms with Crippen molar-refractivity contribution in [1.29, 1.82) is 0 Å². The Hall–Kier alpha value is -1.59. The van der Waals surface area contributed by atoms with E-state index in [9.17, 15) is 10.0 Å². The van der Waals surface area contributed by atoms with Gasteiger partial charge in [0.2, 0.25) is 0 Å². The van der Waals surface area contributed by atoms with Gasteiger partial charge < -0.3 is 9.94 Å². The van der Waals surface area contributed by atoms with Gasteiger partial charge in [-0.1, -0.05) is 18.2 Å². The van der Waals surface area contributed by atoms with Crippen LogP contribution in [0.5, 0.6) is 0 Å². The Morgan fingerprint density at radius 1 is 1.19 bits per heavy atom. The minimum absolute atomic E-state index is 0.220. The van der Waals surface area contributed by atoms with Crippen LogP contribution in [0.15, 0.2) is 30.3 Å². The molecule has 5 heteroatoms. The van der Waals surface area contributed by atoms with Crippen LogP contribution in [0.2, 0.25) is 0 Å². The molecular formula is C16H24N2O3. The molecule has 1 aromatic carbocycles. The molecule has 1 aliphatic rings. The maximum absolute atomic E-state index is 12.0. The summed E-state index contributed by atoms with van der Waals surface area (Å²) in [6, 6.07) is 9.22. The molecule has 1 heterocycles. The second-order valence-electron chi connectivity index (χ2n) is 6.86. The van der Waals surface area contributed by atoms with E-state index in [1.54, 1.807) is 0 Å². The van der Waals surface area contributed by atoms with E-state index >= 15 is 0 Å². The number of amides is 1. The molecule has 1 amide bonds. The third kappa shape index (κ3) is 3.74. The van der Waals surface area contributed by atoms with Crippen molar-refractivity contribution >= 4 is 11.8 Å². The van der Waals surface area contributed by atoms with Crippen molar-refractivity contribution in [3.8, 4) is 0 Å². The van der Waals surface area contributed by atoms with Gasteiger partial charge in [-0.2, -0.15) is 5.06 Å². The van der Waals surface area contributed by atoms with Crippen LogP contribution >= 0.6 is 0 Å². The smallest absolute Gasteiger partial charge is 0.411 e. The largest absolute Gasteiger partial charge is 0.446 e. The van der Waals surface area contributed by atoms with Gasteiger partial charge in [-0.25, -0.2) is 4.79 Å². The maximum Gasteiger partial charge on any atom is 0.411 e. The van der Waals surface area contributed by atoms with E-state index < -0.39 is 17.2 Å². The van der Waals surface area contributed by atoms with Crippen LogP contribution in [-0.2, 0) is 4.74 Å². The van der Waals surface area contributed by atoms with Gasteiger partial charge in [0.1, 0.15) is 6.10 Å². The van der Waals surface area contributed by atoms with Crippen molar-refractivity contribution < 1.29 is 14.7 Å². The highest BCUT2D eigenvalue weighted by Gasteiger charge is 2.46. The van der Waals surface area contributed by atoms with Crippen molar-refractivity contribution in [2.24, 2.45) is 0 Å². The zero-order chi connectivity index (χ0) is 15.7. The van der Waals surface area contributed by atoms with Crippen molar-refractivity contribution in [2.75, 3.05) is 5.32 Å². The number of rotatable bonds is 2. The first-order valence-corrected chi connectivity index (χ1v) is 7.23. The van der Waals surface area contributed by atoms with Crippen molar-refractivity contribution in [1.82, 2.24) is 5.06 Å². The lowest BCUT2D eigenvalue weighted by Crippen LogP contribution is -2.60. The number of hydrogen-bond acceptors (Lipinski definition) is 4. The van der Waals surface area contributed by atoms with Gasteiger partial charge in [0.15, 0.2) is 0 Å². The lowest BCUT2D eigenvalue weighted by molar-refractivity contribution is -0.256. The molecule has 0 aliphatic carbocycles. The molecule has 0 atom stereocenters. The first kappa shape index (κ1) is 15.8. The molecule has 2 N–H and O–H groups in total. The summed E-state index contributed by atoms with van der Waals surface area (Å²) in [7, 11) is 0. The van der Waals surface area contributed by atoms with Crippen molar-refractivity contribution in [3.05, 3.63) is 30.3 Å². The highest BCUT2D eigenvalue weighted by molar-refractivity contribution is 5.84. The molecule has 0 spiro atoms. The Morgan fingerprint density at radius 2 is 1.71 bits per heavy atom. The lowest BCUT2D eigenvalue weighted by atomic mass is 9.80. The molecule has 1 aromatic rings. The van der Waals surface area contributed by atoms with Crippen LogP contribution in [0.1, 0.15) is 40.5 Å². The molecule has 5 nitrogen and oxygen atoms in total. The molecular weight excluding hydrogens is 268 g/mol. The number of hydrogen-bond donors (Lipinski definition) is 2. The van der Waals surface area contributed by atoms with E-state index in [1.165, 1.54) is 5.06 Å². The second kappa shape index (κ2) is 5.66. The fraction of sp³-hybridized carbons (Fsp3) is 0.562. The van der Waals surface area contributed by atoms with Gasteiger partial charge in [0.05, 0.1) is 0 Å². The zero-order valence-corrected chi connectivity index (χ0v) is 13.1. The van der Waals surface area contributed by atoms with E-state index in [2.05, 4.69) is 5.32 Å². The Labute approximate surface area is 125 Å². The average molecular weight is 292 g/mol. The quantitative estimate of drug-likeness (QED) is 0.873. The first-order chi connectivity index (χ1) is 9.71. The Morgan fingerprint density at radius 3 is 2.24 bits per heavy atom. The summed E-state index contributed by atoms with van der Waals surface area (Å²) in [5.74, 6) is 0. The van der Waals surface area contributed by atoms with Crippen LogP contribution in [0.25, 0.3) is 0 Å². The number of carbonyl (C=O) groups excluding carboxylic acids is 1. The first-order valence-electron chi connectivity index (χ1n) is 7.23. The molecule has 0 saturated carbocycles. The van der Waals surface area contributed by atoms with E-state index in [-0.39, 0.29) is 6.10 Å². The van der Waals surface area contributed by atoms with E-state index in [1.807, 2.05) is 58.0 Å². The van der Waals surface area contributed by atoms with Crippen molar-refractivity contribution in [2.45, 2.75) is 57.7 Å². The number of nitrogens with zero attached hydrogens (tertiary/aromatic N) is 1. The van der Waals surface area contributed by atoms with Crippen LogP contribution in [-0.4, -0.2) is 33.5 Å². The number of hydroxylamine groups is 2. The molecule has 21 heavy (non-hydrogen) atoms. The summed E-state index contributed by atoms with van der Waals surface area (Å²) < 4.78 is 5.53. The number of para-hydroxylation sites is 1. The number of piperidine rings is 1. The van der Waals surface area contributed by atoms with Crippen LogP contribution < -0.4 is 5.32 Å². The van der Waals surface area contributed by atoms with E-state index in [0.717, 1.165) is 0 Å². The van der Waals surface area contributed by atoms with E-state index in [0.29, 0.717) is 18.5 Å². The van der Waals surface area contributed by atoms with Gasteiger partial charge in [0, 0.05) is 29.6 Å². The maximum atomic E-state index is 12.0. The Bertz CT molecular complexity index is 482. The summed E-state index contributed by atoms with van der Waals surface area (Å²) in [6.07, 6.45) is 0.510. The van der Waals surface area contributed by atoms with Gasteiger partial charge >= 0.3 is 6.09 Å². The number of nitrogens with one attached hydrogen (secondary N) is 1. The summed E-state index contributed by atoms with van der Waals surface area (Å²) in [5, 5.41) is 14.3. The predicted octanol–water partition coefficient (Wildman–Crippen LogP) is 3.65. The summed E-state index contributed by atoms with van der Waals surface area (Å²) >= 11 is 0. The molecule has 116 valence electrons. The average Bonchev–Trinajstić information content (AvgIpc) is 2.36. The molecule has 1 fully saturated rings. The minimum Gasteiger partial charge on any atom is -0.446 e. The fourth-order valence-electron chi connectivity index (χ4n) is 3.08. The SMILES string of the molecule is CC1(C)CC(OC(=O)Nc2ccccc2)CC(C)(C)N1O. The molecule has 2 rings (SSSR count). The predicted molar refractivity (Wildman–Crippen MR) is 81.4 cm³/mol. The fourth-order valence-corrected chi connectivity index (χ4v) is 3.08. The van der Waals surface area contributed by atoms with Crippen LogP contribution in [0, 0.1) is 0 Å². The van der Waals surface area contributed by atoms with E-state index in [4.69, 9.17) is 4.74 Å². The summed E-state index contributed by atoms with van der Waals surface area (Å²) in [6.45, 7) is 7.78. The third-order valence-corrected chi connectivity index (χ3v) is 3.90. The molecule has 1 aliphatic heterocycles. The summed E-state index contributed by atoms with van der Waals surface area (Å²) in [4.78, 5) is 12.0. The standard InChI is InChI=1S/C16H24N2O3/c1-15(2)10-13(11-16(3,4)18(15)20)21-14(19)17-12-8-6-5-7-9-12/h5-9,13,20H,10-11H2,1-4H3,(H,17,19). The molecule has 1 saturated heterocycles. The van der Waals surface area contributed by atoms with Crippen LogP contribution in [0.4, 0.5) is 10.5 Å². The number of ether oxygens (including phenoxy) is 1. The minimum atomic E-state index is -0.454. The highest BCUT2D eigenvalue weighted by Crippen LogP contribution is 2.37. The molecule has 0 radical (unpaired) electrons. The van der Waals surface area contributed by atoms with Gasteiger partial charge in [-0.15, -0.1) is 0 Å². The molecule has 0 aromatic heterocycles. The van der Waals surface area contributed by atoms with Gasteiger partial charge in [-0.3, -0.25) is 5.32 Å². The topological polar surface area (TPSA) is 61.8 Å². The summed E-state index contributed by atoms with van der Waals surface area (Å²) in [5.41, 5.74) is -0.153. The van der Waals surface area contributed by atoms with Crippen LogP contribution in [0.3, 0.4) is 0 Å². The Kier molecular flexibility index (Phi) is 4.25.